The third-order valence-electron chi connectivity index (χ3n) is 1.92. The second kappa shape index (κ2) is 5.71. The van der Waals surface area contributed by atoms with Crippen LogP contribution in [0.1, 0.15) is 6.92 Å². The number of ether oxygens (including phenoxy) is 1. The fourth-order valence-electron chi connectivity index (χ4n) is 1.24. The first-order valence-electron chi connectivity index (χ1n) is 4.66. The van der Waals surface area contributed by atoms with Gasteiger partial charge in [0.05, 0.1) is 10.6 Å². The van der Waals surface area contributed by atoms with Crippen molar-refractivity contribution < 1.29 is 17.9 Å². The molecule has 1 unspecified atom stereocenters. The van der Waals surface area contributed by atoms with Gasteiger partial charge in [-0.25, -0.2) is 13.2 Å². The zero-order valence-corrected chi connectivity index (χ0v) is 11.2. The molecule has 4 nitrogen and oxygen atoms in total. The Morgan fingerprint density at radius 2 is 1.88 bits per heavy atom. The summed E-state index contributed by atoms with van der Waals surface area (Å²) in [4.78, 5) is 10.6. The van der Waals surface area contributed by atoms with Crippen molar-refractivity contribution >= 4 is 38.5 Å². The summed E-state index contributed by atoms with van der Waals surface area (Å²) in [5.74, 6) is -0.326. The maximum atomic E-state index is 11.9. The van der Waals surface area contributed by atoms with Crippen LogP contribution < -0.4 is 0 Å². The quantitative estimate of drug-likeness (QED) is 0.802. The Labute approximate surface area is 109 Å². The maximum absolute atomic E-state index is 11.9. The Balaban J connectivity index is 2.82. The molecule has 0 aliphatic carbocycles. The second-order valence-corrected chi connectivity index (χ2v) is 6.18. The fourth-order valence-corrected chi connectivity index (χ4v) is 2.95. The minimum absolute atomic E-state index is 0.124. The predicted octanol–water partition coefficient (Wildman–Crippen LogP) is 2.88. The van der Waals surface area contributed by atoms with Crippen molar-refractivity contribution in [3.8, 4) is 0 Å². The van der Waals surface area contributed by atoms with Gasteiger partial charge < -0.3 is 4.74 Å². The Hall–Kier alpha value is -0.780. The number of hydrogen-bond donors (Lipinski definition) is 0. The highest BCUT2D eigenvalue weighted by atomic mass is 35.5. The van der Waals surface area contributed by atoms with E-state index in [0.29, 0.717) is 5.02 Å². The molecular weight excluding hydrogens is 287 g/mol. The van der Waals surface area contributed by atoms with E-state index in [4.69, 9.17) is 23.2 Å². The molecule has 17 heavy (non-hydrogen) atoms. The van der Waals surface area contributed by atoms with E-state index >= 15 is 0 Å². The molecule has 94 valence electrons. The lowest BCUT2D eigenvalue weighted by atomic mass is 10.4. The third kappa shape index (κ3) is 4.53. The summed E-state index contributed by atoms with van der Waals surface area (Å²) in [5.41, 5.74) is -1.02. The second-order valence-electron chi connectivity index (χ2n) is 3.40. The molecule has 0 fully saturated rings. The van der Waals surface area contributed by atoms with Gasteiger partial charge in [0.15, 0.2) is 9.84 Å². The van der Waals surface area contributed by atoms with Gasteiger partial charge in [0.2, 0.25) is 0 Å². The van der Waals surface area contributed by atoms with Gasteiger partial charge in [-0.15, -0.1) is 0 Å². The standard InChI is InChI=1S/C10H10Cl2O4S/c1-7(16-10(12)13)6-17(14,15)9-4-2-8(11)3-5-9/h2-5,7H,6H2,1H3. The monoisotopic (exact) mass is 296 g/mol. The largest absolute Gasteiger partial charge is 0.450 e. The van der Waals surface area contributed by atoms with Gasteiger partial charge in [0.25, 0.3) is 0 Å². The van der Waals surface area contributed by atoms with Crippen LogP contribution in [0.2, 0.25) is 5.02 Å². The van der Waals surface area contributed by atoms with E-state index in [1.165, 1.54) is 31.2 Å². The molecule has 0 saturated carbocycles. The van der Waals surface area contributed by atoms with Crippen molar-refractivity contribution in [1.82, 2.24) is 0 Å². The molecule has 0 spiro atoms. The molecule has 1 atom stereocenters. The van der Waals surface area contributed by atoms with Crippen LogP contribution in [-0.4, -0.2) is 25.7 Å². The van der Waals surface area contributed by atoms with Gasteiger partial charge in [-0.2, -0.15) is 0 Å². The minimum Gasteiger partial charge on any atom is -0.450 e. The van der Waals surface area contributed by atoms with Crippen LogP contribution in [0.25, 0.3) is 0 Å². The van der Waals surface area contributed by atoms with Crippen molar-refractivity contribution in [2.75, 3.05) is 5.75 Å². The summed E-state index contributed by atoms with van der Waals surface area (Å²) in [6, 6.07) is 5.75. The van der Waals surface area contributed by atoms with E-state index in [1.807, 2.05) is 0 Å². The SMILES string of the molecule is CC(CS(=O)(=O)c1ccc(Cl)cc1)OC(=O)Cl. The maximum Gasteiger partial charge on any atom is 0.404 e. The normalized spacial score (nSPS) is 13.1. The summed E-state index contributed by atoms with van der Waals surface area (Å²) in [6.07, 6.45) is -0.805. The Morgan fingerprint density at radius 1 is 1.35 bits per heavy atom. The predicted molar refractivity (Wildman–Crippen MR) is 65.3 cm³/mol. The van der Waals surface area contributed by atoms with E-state index in [9.17, 15) is 13.2 Å². The molecule has 0 aliphatic heterocycles. The number of benzene rings is 1. The topological polar surface area (TPSA) is 60.4 Å². The van der Waals surface area contributed by atoms with Gasteiger partial charge in [-0.3, -0.25) is 0 Å². The number of carbonyl (C=O) groups excluding carboxylic acids is 1. The number of rotatable bonds is 4. The van der Waals surface area contributed by atoms with Gasteiger partial charge in [0.1, 0.15) is 6.10 Å². The smallest absolute Gasteiger partial charge is 0.404 e. The molecule has 0 aliphatic rings. The van der Waals surface area contributed by atoms with E-state index in [0.717, 1.165) is 0 Å². The lowest BCUT2D eigenvalue weighted by molar-refractivity contribution is 0.142. The van der Waals surface area contributed by atoms with E-state index in [-0.39, 0.29) is 10.6 Å². The van der Waals surface area contributed by atoms with E-state index in [1.54, 1.807) is 0 Å². The van der Waals surface area contributed by atoms with Crippen LogP contribution in [0, 0.1) is 0 Å². The molecule has 1 aromatic carbocycles. The number of halogens is 2. The Kier molecular flexibility index (Phi) is 4.80. The average molecular weight is 297 g/mol. The van der Waals surface area contributed by atoms with Crippen molar-refractivity contribution in [2.24, 2.45) is 0 Å². The number of sulfone groups is 1. The van der Waals surface area contributed by atoms with Gasteiger partial charge >= 0.3 is 5.43 Å². The van der Waals surface area contributed by atoms with E-state index in [2.05, 4.69) is 4.74 Å². The van der Waals surface area contributed by atoms with Gasteiger partial charge in [-0.05, 0) is 31.2 Å². The van der Waals surface area contributed by atoms with Crippen molar-refractivity contribution in [3.05, 3.63) is 29.3 Å². The molecule has 0 aromatic heterocycles. The molecule has 0 bridgehead atoms. The van der Waals surface area contributed by atoms with Crippen LogP contribution in [0.4, 0.5) is 4.79 Å². The average Bonchev–Trinajstić information content (AvgIpc) is 2.15. The molecule has 1 rings (SSSR count). The highest BCUT2D eigenvalue weighted by Crippen LogP contribution is 2.16. The summed E-state index contributed by atoms with van der Waals surface area (Å²) < 4.78 is 28.3. The summed E-state index contributed by atoms with van der Waals surface area (Å²) in [5, 5.41) is 0.448. The first kappa shape index (κ1) is 14.3. The zero-order valence-electron chi connectivity index (χ0n) is 8.89. The molecule has 0 N–H and O–H groups in total. The summed E-state index contributed by atoms with van der Waals surface area (Å²) in [7, 11) is -3.52. The molecule has 0 saturated heterocycles. The highest BCUT2D eigenvalue weighted by Gasteiger charge is 2.20. The molecule has 0 heterocycles. The van der Waals surface area contributed by atoms with Crippen molar-refractivity contribution in [2.45, 2.75) is 17.9 Å². The molecule has 0 radical (unpaired) electrons. The molecular formula is C10H10Cl2O4S. The van der Waals surface area contributed by atoms with Crippen LogP contribution in [0.15, 0.2) is 29.2 Å². The Morgan fingerprint density at radius 3 is 2.35 bits per heavy atom. The van der Waals surface area contributed by atoms with Crippen molar-refractivity contribution in [3.63, 3.8) is 0 Å². The number of hydrogen-bond acceptors (Lipinski definition) is 4. The van der Waals surface area contributed by atoms with Crippen LogP contribution in [0.5, 0.6) is 0 Å². The number of carbonyl (C=O) groups is 1. The zero-order chi connectivity index (χ0) is 13.1. The first-order valence-corrected chi connectivity index (χ1v) is 7.06. The fraction of sp³-hybridized carbons (Fsp3) is 0.300. The van der Waals surface area contributed by atoms with Crippen LogP contribution in [0.3, 0.4) is 0 Å². The highest BCUT2D eigenvalue weighted by molar-refractivity contribution is 7.91. The molecule has 0 amide bonds. The van der Waals surface area contributed by atoms with Crippen molar-refractivity contribution in [1.29, 1.82) is 0 Å². The van der Waals surface area contributed by atoms with E-state index < -0.39 is 21.4 Å². The van der Waals surface area contributed by atoms with Crippen LogP contribution in [-0.2, 0) is 14.6 Å². The third-order valence-corrected chi connectivity index (χ3v) is 4.16. The van der Waals surface area contributed by atoms with Crippen LogP contribution >= 0.6 is 23.2 Å². The summed E-state index contributed by atoms with van der Waals surface area (Å²) in [6.45, 7) is 1.45. The Bertz CT molecular complexity index is 496. The molecule has 7 heteroatoms. The molecule has 1 aromatic rings. The van der Waals surface area contributed by atoms with Gasteiger partial charge in [0, 0.05) is 16.6 Å². The lowest BCUT2D eigenvalue weighted by Gasteiger charge is -2.11. The van der Waals surface area contributed by atoms with Gasteiger partial charge in [-0.1, -0.05) is 11.6 Å². The first-order chi connectivity index (χ1) is 7.81. The summed E-state index contributed by atoms with van der Waals surface area (Å²) >= 11 is 10.6. The minimum atomic E-state index is -3.52. The lowest BCUT2D eigenvalue weighted by Crippen LogP contribution is -2.22.